The molecule has 12 amide bonds. The Kier molecular flexibility index (Phi) is 21.7. The van der Waals surface area contributed by atoms with Gasteiger partial charge in [0.15, 0.2) is 0 Å². The lowest BCUT2D eigenvalue weighted by atomic mass is 9.93. The number of piperidine rings is 1. The van der Waals surface area contributed by atoms with Crippen molar-refractivity contribution in [3.63, 3.8) is 0 Å². The van der Waals surface area contributed by atoms with Crippen molar-refractivity contribution in [1.82, 2.24) is 56.9 Å². The quantitative estimate of drug-likeness (QED) is 0.0788. The van der Waals surface area contributed by atoms with Gasteiger partial charge in [0.05, 0.1) is 67.5 Å². The van der Waals surface area contributed by atoms with Crippen molar-refractivity contribution < 1.29 is 81.8 Å². The zero-order valence-electron chi connectivity index (χ0n) is 46.8. The van der Waals surface area contributed by atoms with E-state index in [1.54, 1.807) is 30.9 Å². The monoisotopic (exact) mass is 1210 g/mol. The number of methoxy groups -OCH3 is 1. The third-order valence-electron chi connectivity index (χ3n) is 15.7. The summed E-state index contributed by atoms with van der Waals surface area (Å²) in [6.07, 6.45) is -1.24. The molecule has 2 saturated heterocycles. The van der Waals surface area contributed by atoms with E-state index < -0.39 is 187 Å². The lowest BCUT2D eigenvalue weighted by molar-refractivity contribution is -0.144. The molecule has 0 aliphatic carbocycles. The van der Waals surface area contributed by atoms with Crippen LogP contribution < -0.4 is 47.7 Å². The third-order valence-corrected chi connectivity index (χ3v) is 18.6. The van der Waals surface area contributed by atoms with Crippen LogP contribution in [0.5, 0.6) is 5.75 Å². The highest BCUT2D eigenvalue weighted by atomic mass is 32.2. The van der Waals surface area contributed by atoms with Crippen LogP contribution in [-0.2, 0) is 80.5 Å². The first kappa shape index (κ1) is 64.1. The molecule has 0 spiro atoms. The first-order valence-corrected chi connectivity index (χ1v) is 29.9. The summed E-state index contributed by atoms with van der Waals surface area (Å²) in [5, 5.41) is 49.5. The van der Waals surface area contributed by atoms with Gasteiger partial charge in [-0.15, -0.1) is 0 Å². The molecule has 7 rings (SSSR count). The molecule has 29 nitrogen and oxygen atoms in total. The van der Waals surface area contributed by atoms with Crippen LogP contribution in [0, 0.1) is 11.8 Å². The molecule has 2 bridgehead atoms. The molecule has 84 heavy (non-hydrogen) atoms. The minimum Gasteiger partial charge on any atom is -0.496 e. The molecule has 31 heteroatoms. The number of aromatic nitrogens is 1. The molecule has 1 aromatic heterocycles. The molecule has 1 aromatic carbocycles. The fraction of sp³-hybridized carbons (Fsp3) is 0.585. The number of hydrogen-bond donors (Lipinski definition) is 12. The number of benzene rings is 1. The van der Waals surface area contributed by atoms with Gasteiger partial charge in [-0.05, 0) is 36.5 Å². The van der Waals surface area contributed by atoms with Crippen LogP contribution in [0.4, 0.5) is 0 Å². The third kappa shape index (κ3) is 15.3. The standard InChI is InChI=1S/C53H72N12O17S2/c1-5-25(2)44-50(78)56-19-39(70)57-34-24-84(81)52-30(29-6-7-37(82-4)31(46(29)62-52)23-83-28-10-13-63(14-11-28)41(72)12-15-64-42(73)8-9-43(64)74)17-32(47(75)55-20-40(71)60-44)58-51(79)45(26(3)36(68)22-66)61-49(77)35-16-27(67)21-65(35)53(80)33(18-38(54)69)59-48(34)76/h6-9,25-28,32-36,44-45,62,66-68H,5,10-24H2,1-4H3,(H2,54,69)(H,55,75)(H,56,78)(H,57,70)(H,58,79)(H,59,76)(H,60,71)(H,61,77)/t25-,26-,27+,32-,33-,34-,35-,36-,44-,45-,84?/m0/s1. The van der Waals surface area contributed by atoms with Crippen LogP contribution in [0.3, 0.4) is 0 Å². The van der Waals surface area contributed by atoms with Crippen molar-refractivity contribution in [3.8, 4) is 5.75 Å². The summed E-state index contributed by atoms with van der Waals surface area (Å²) in [5.41, 5.74) is 6.53. The van der Waals surface area contributed by atoms with E-state index in [2.05, 4.69) is 42.2 Å². The number of H-pyrrole nitrogens is 1. The molecule has 5 aliphatic rings. The minimum absolute atomic E-state index is 0.0180. The van der Waals surface area contributed by atoms with Crippen LogP contribution in [0.25, 0.3) is 10.9 Å². The number of imide groups is 1. The SMILES string of the molecule is CC[C@H](C)[C@@H]1NC(=O)CNC(=O)[C@@H]2Cc3c([nH]c4c(CSC5CCN(C(=O)CCN6C(=O)C=CC6=O)CC5)c(OC)ccc34)S(=O)C[C@H](NC(=O)CNC1=O)C(=O)N[C@@H](CC(N)=O)C(=O)N1C[C@H](O)C[C@H]1C(=O)N[C@@H]([C@@H](C)[C@@H](O)CO)C(=O)N2. The second kappa shape index (κ2) is 28.4. The van der Waals surface area contributed by atoms with E-state index in [9.17, 15) is 72.9 Å². The van der Waals surface area contributed by atoms with Gasteiger partial charge in [0.25, 0.3) is 11.8 Å². The summed E-state index contributed by atoms with van der Waals surface area (Å²) in [4.78, 5) is 171. The van der Waals surface area contributed by atoms with Gasteiger partial charge < -0.3 is 77.8 Å². The normalized spacial score (nSPS) is 26.7. The molecule has 6 heterocycles. The lowest BCUT2D eigenvalue weighted by Crippen LogP contribution is -2.62. The number of nitrogens with two attached hydrogens (primary N) is 1. The highest BCUT2D eigenvalue weighted by Crippen LogP contribution is 2.38. The molecule has 2 fully saturated rings. The van der Waals surface area contributed by atoms with E-state index in [0.29, 0.717) is 54.6 Å². The van der Waals surface area contributed by atoms with E-state index in [4.69, 9.17) is 10.5 Å². The molecule has 11 atom stereocenters. The molecule has 5 aliphatic heterocycles. The van der Waals surface area contributed by atoms with Gasteiger partial charge in [0.1, 0.15) is 47.0 Å². The number of carbonyl (C=O) groups is 12. The number of primary amides is 1. The smallest absolute Gasteiger partial charge is 0.253 e. The number of ether oxygens (including phenoxy) is 1. The zero-order valence-corrected chi connectivity index (χ0v) is 48.4. The average Bonchev–Trinajstić information content (AvgIpc) is 2.25. The molecule has 13 N–H and O–H groups in total. The number of nitrogens with zero attached hydrogens (tertiary/aromatic N) is 3. The van der Waals surface area contributed by atoms with E-state index in [1.807, 2.05) is 0 Å². The minimum atomic E-state index is -2.46. The Balaban J connectivity index is 1.33. The van der Waals surface area contributed by atoms with Crippen LogP contribution in [0.1, 0.15) is 70.4 Å². The maximum atomic E-state index is 15.3. The first-order chi connectivity index (χ1) is 39.9. The fourth-order valence-corrected chi connectivity index (χ4v) is 13.3. The number of rotatable bonds is 14. The molecule has 0 saturated carbocycles. The Hall–Kier alpha value is -7.48. The van der Waals surface area contributed by atoms with Gasteiger partial charge in [-0.1, -0.05) is 27.2 Å². The summed E-state index contributed by atoms with van der Waals surface area (Å²) in [6, 6.07) is -7.01. The van der Waals surface area contributed by atoms with Gasteiger partial charge in [0, 0.05) is 85.5 Å². The highest BCUT2D eigenvalue weighted by molar-refractivity contribution is 7.99. The van der Waals surface area contributed by atoms with E-state index >= 15 is 4.21 Å². The van der Waals surface area contributed by atoms with E-state index in [1.165, 1.54) is 25.8 Å². The summed E-state index contributed by atoms with van der Waals surface area (Å²) in [6.45, 7) is 2.35. The van der Waals surface area contributed by atoms with Crippen LogP contribution >= 0.6 is 11.8 Å². The maximum Gasteiger partial charge on any atom is 0.253 e. The number of nitrogens with one attached hydrogen (secondary N) is 8. The van der Waals surface area contributed by atoms with Crippen molar-refractivity contribution in [1.29, 1.82) is 0 Å². The van der Waals surface area contributed by atoms with Crippen LogP contribution in [0.15, 0.2) is 29.3 Å². The van der Waals surface area contributed by atoms with Gasteiger partial charge >= 0.3 is 0 Å². The predicted molar refractivity (Wildman–Crippen MR) is 299 cm³/mol. The second-order valence-corrected chi connectivity index (χ2v) is 24.1. The van der Waals surface area contributed by atoms with Crippen molar-refractivity contribution >= 4 is 104 Å². The summed E-state index contributed by atoms with van der Waals surface area (Å²) in [5.74, 6) is -12.7. The average molecular weight is 1210 g/mol. The van der Waals surface area contributed by atoms with Crippen LogP contribution in [-0.4, -0.2) is 223 Å². The molecule has 458 valence electrons. The highest BCUT2D eigenvalue weighted by Gasteiger charge is 2.45. The summed E-state index contributed by atoms with van der Waals surface area (Å²) >= 11 is 1.52. The number of thioether (sulfide) groups is 1. The molecular weight excluding hydrogens is 1140 g/mol. The van der Waals surface area contributed by atoms with E-state index in [0.717, 1.165) is 22.0 Å². The first-order valence-electron chi connectivity index (χ1n) is 27.6. The van der Waals surface area contributed by atoms with Gasteiger partial charge in [-0.25, -0.2) is 0 Å². The number of aliphatic hydroxyl groups is 3. The van der Waals surface area contributed by atoms with Gasteiger partial charge in [0.2, 0.25) is 59.1 Å². The van der Waals surface area contributed by atoms with Gasteiger partial charge in [-0.3, -0.25) is 66.6 Å². The Bertz CT molecular complexity index is 2970. The Morgan fingerprint density at radius 2 is 1.51 bits per heavy atom. The molecular formula is C53H72N12O17S2. The largest absolute Gasteiger partial charge is 0.496 e. The number of aliphatic hydroxyl groups excluding tert-OH is 3. The molecule has 2 aromatic rings. The zero-order chi connectivity index (χ0) is 61.3. The maximum absolute atomic E-state index is 15.3. The molecule has 0 radical (unpaired) electrons. The number of aromatic amines is 1. The fourth-order valence-electron chi connectivity index (χ4n) is 10.6. The van der Waals surface area contributed by atoms with Gasteiger partial charge in [-0.2, -0.15) is 11.8 Å². The Morgan fingerprint density at radius 3 is 2.15 bits per heavy atom. The van der Waals surface area contributed by atoms with E-state index in [-0.39, 0.29) is 40.5 Å². The number of carbonyl (C=O) groups excluding carboxylic acids is 12. The van der Waals surface area contributed by atoms with Crippen molar-refractivity contribution in [2.24, 2.45) is 17.6 Å². The summed E-state index contributed by atoms with van der Waals surface area (Å²) < 4.78 is 21.2. The van der Waals surface area contributed by atoms with Crippen LogP contribution in [0.2, 0.25) is 0 Å². The Labute approximate surface area is 488 Å². The number of likely N-dealkylation sites (tertiary alicyclic amines) is 1. The van der Waals surface area contributed by atoms with Crippen molar-refractivity contribution in [3.05, 3.63) is 35.4 Å². The number of hydrogen-bond acceptors (Lipinski definition) is 18. The summed E-state index contributed by atoms with van der Waals surface area (Å²) in [7, 11) is -1.04. The second-order valence-electron chi connectivity index (χ2n) is 21.4. The predicted octanol–water partition coefficient (Wildman–Crippen LogP) is -5.08. The topological polar surface area (TPSA) is 428 Å². The lowest BCUT2D eigenvalue weighted by Gasteiger charge is -2.32. The number of amides is 12. The number of fused-ring (bicyclic) bond motifs is 5. The Morgan fingerprint density at radius 1 is 0.845 bits per heavy atom. The van der Waals surface area contributed by atoms with Crippen molar-refractivity contribution in [2.45, 2.75) is 130 Å². The van der Waals surface area contributed by atoms with Crippen molar-refractivity contribution in [2.75, 3.05) is 58.7 Å². The molecule has 1 unspecified atom stereocenters.